The zero-order valence-electron chi connectivity index (χ0n) is 20.6. The highest BCUT2D eigenvalue weighted by Crippen LogP contribution is 2.23. The van der Waals surface area contributed by atoms with Gasteiger partial charge in [-0.05, 0) is 97.9 Å². The number of aromatic nitrogens is 1. The second kappa shape index (κ2) is 11.8. The molecule has 6 nitrogen and oxygen atoms in total. The van der Waals surface area contributed by atoms with E-state index in [-0.39, 0.29) is 11.8 Å². The predicted molar refractivity (Wildman–Crippen MR) is 139 cm³/mol. The van der Waals surface area contributed by atoms with E-state index in [2.05, 4.69) is 27.6 Å². The first kappa shape index (κ1) is 24.6. The molecular formula is C29H34N4O2. The molecule has 0 saturated carbocycles. The van der Waals surface area contributed by atoms with Crippen molar-refractivity contribution in [1.82, 2.24) is 20.5 Å². The van der Waals surface area contributed by atoms with Gasteiger partial charge in [0.05, 0.1) is 0 Å². The van der Waals surface area contributed by atoms with E-state index in [1.807, 2.05) is 61.5 Å². The van der Waals surface area contributed by atoms with Gasteiger partial charge in [-0.3, -0.25) is 14.6 Å². The summed E-state index contributed by atoms with van der Waals surface area (Å²) in [4.78, 5) is 32.2. The van der Waals surface area contributed by atoms with Crippen LogP contribution >= 0.6 is 0 Å². The van der Waals surface area contributed by atoms with Crippen molar-refractivity contribution >= 4 is 11.8 Å². The van der Waals surface area contributed by atoms with Gasteiger partial charge in [0, 0.05) is 36.6 Å². The molecule has 2 N–H and O–H groups in total. The summed E-state index contributed by atoms with van der Waals surface area (Å²) in [6.07, 6.45) is 6.50. The first-order chi connectivity index (χ1) is 17.0. The second-order valence-electron chi connectivity index (χ2n) is 9.30. The predicted octanol–water partition coefficient (Wildman–Crippen LogP) is 4.31. The molecule has 0 bridgehead atoms. The lowest BCUT2D eigenvalue weighted by Crippen LogP contribution is -2.36. The Morgan fingerprint density at radius 1 is 0.943 bits per heavy atom. The third-order valence-electron chi connectivity index (χ3n) is 6.78. The smallest absolute Gasteiger partial charge is 0.251 e. The van der Waals surface area contributed by atoms with Crippen molar-refractivity contribution in [1.29, 1.82) is 0 Å². The Balaban J connectivity index is 1.38. The maximum atomic E-state index is 13.1. The van der Waals surface area contributed by atoms with Crippen LogP contribution in [0.3, 0.4) is 0 Å². The summed E-state index contributed by atoms with van der Waals surface area (Å²) in [7, 11) is 2.14. The quantitative estimate of drug-likeness (QED) is 0.514. The number of hydrogen-bond acceptors (Lipinski definition) is 4. The van der Waals surface area contributed by atoms with Crippen LogP contribution in [-0.2, 0) is 13.0 Å². The number of piperidine rings is 1. The number of nitrogens with one attached hydrogen (secondary N) is 2. The Bertz CT molecular complexity index is 1150. The summed E-state index contributed by atoms with van der Waals surface area (Å²) in [5, 5.41) is 6.12. The number of nitrogens with zero attached hydrogens (tertiary/aromatic N) is 2. The van der Waals surface area contributed by atoms with E-state index in [0.717, 1.165) is 54.6 Å². The van der Waals surface area contributed by atoms with Crippen molar-refractivity contribution in [3.8, 4) is 11.1 Å². The van der Waals surface area contributed by atoms with E-state index in [1.165, 1.54) is 0 Å². The molecule has 1 aliphatic heterocycles. The monoisotopic (exact) mass is 470 g/mol. The number of benzene rings is 2. The van der Waals surface area contributed by atoms with Crippen molar-refractivity contribution in [2.45, 2.75) is 32.7 Å². The molecule has 4 rings (SSSR count). The Labute approximate surface area is 207 Å². The van der Waals surface area contributed by atoms with Gasteiger partial charge in [-0.2, -0.15) is 0 Å². The van der Waals surface area contributed by atoms with E-state index in [9.17, 15) is 9.59 Å². The maximum Gasteiger partial charge on any atom is 0.251 e. The summed E-state index contributed by atoms with van der Waals surface area (Å²) in [6.45, 7) is 5.28. The van der Waals surface area contributed by atoms with Crippen molar-refractivity contribution in [2.75, 3.05) is 26.7 Å². The minimum absolute atomic E-state index is 0.0598. The van der Waals surface area contributed by atoms with Crippen LogP contribution in [0.2, 0.25) is 0 Å². The van der Waals surface area contributed by atoms with Crippen LogP contribution in [-0.4, -0.2) is 48.4 Å². The van der Waals surface area contributed by atoms with Gasteiger partial charge in [0.1, 0.15) is 0 Å². The molecule has 35 heavy (non-hydrogen) atoms. The Morgan fingerprint density at radius 2 is 1.71 bits per heavy atom. The molecule has 1 saturated heterocycles. The van der Waals surface area contributed by atoms with E-state index < -0.39 is 0 Å². The Morgan fingerprint density at radius 3 is 2.46 bits per heavy atom. The van der Waals surface area contributed by atoms with Crippen LogP contribution in [0.4, 0.5) is 0 Å². The van der Waals surface area contributed by atoms with E-state index in [0.29, 0.717) is 30.1 Å². The molecule has 1 fully saturated rings. The van der Waals surface area contributed by atoms with E-state index >= 15 is 0 Å². The summed E-state index contributed by atoms with van der Waals surface area (Å²) in [5.74, 6) is 0.360. The summed E-state index contributed by atoms with van der Waals surface area (Å²) in [6, 6.07) is 17.4. The van der Waals surface area contributed by atoms with Crippen LogP contribution in [0, 0.1) is 5.92 Å². The molecular weight excluding hydrogens is 436 g/mol. The number of aryl methyl sites for hydroxylation is 1. The Kier molecular flexibility index (Phi) is 8.27. The van der Waals surface area contributed by atoms with Crippen molar-refractivity contribution in [3.63, 3.8) is 0 Å². The second-order valence-corrected chi connectivity index (χ2v) is 9.30. The number of rotatable bonds is 8. The highest BCUT2D eigenvalue weighted by Gasteiger charge is 2.18. The van der Waals surface area contributed by atoms with Gasteiger partial charge in [0.15, 0.2) is 0 Å². The van der Waals surface area contributed by atoms with Gasteiger partial charge in [-0.15, -0.1) is 0 Å². The summed E-state index contributed by atoms with van der Waals surface area (Å²) in [5.41, 5.74) is 5.21. The lowest BCUT2D eigenvalue weighted by Gasteiger charge is -2.28. The van der Waals surface area contributed by atoms with Crippen LogP contribution in [0.15, 0.2) is 67.0 Å². The molecule has 0 aliphatic carbocycles. The van der Waals surface area contributed by atoms with Crippen LogP contribution in [0.25, 0.3) is 11.1 Å². The van der Waals surface area contributed by atoms with Crippen LogP contribution in [0.1, 0.15) is 51.6 Å². The molecule has 2 amide bonds. The summed E-state index contributed by atoms with van der Waals surface area (Å²) < 4.78 is 0. The zero-order chi connectivity index (χ0) is 24.6. The number of carbonyl (C=O) groups excluding carboxylic acids is 2. The van der Waals surface area contributed by atoms with Gasteiger partial charge in [-0.1, -0.05) is 31.2 Å². The first-order valence-corrected chi connectivity index (χ1v) is 12.4. The van der Waals surface area contributed by atoms with Gasteiger partial charge in [0.25, 0.3) is 11.8 Å². The number of amides is 2. The molecule has 6 heteroatoms. The van der Waals surface area contributed by atoms with E-state index in [1.54, 1.807) is 12.4 Å². The fourth-order valence-corrected chi connectivity index (χ4v) is 4.53. The fourth-order valence-electron chi connectivity index (χ4n) is 4.53. The molecule has 1 aliphatic rings. The fraction of sp³-hybridized carbons (Fsp3) is 0.345. The molecule has 0 unspecified atom stereocenters. The Hall–Kier alpha value is -3.51. The molecule has 1 aromatic heterocycles. The largest absolute Gasteiger partial charge is 0.352 e. The number of carbonyl (C=O) groups is 2. The van der Waals surface area contributed by atoms with Gasteiger partial charge < -0.3 is 15.5 Å². The normalized spacial score (nSPS) is 14.5. The minimum atomic E-state index is -0.116. The molecule has 2 aromatic carbocycles. The standard InChI is InChI=1S/C29H34N4O2/c1-3-23-7-8-25(24-9-13-30-14-10-24)18-27(23)29(35)32-20-22-5-4-6-26(17-22)28(34)31-19-21-11-15-33(2)16-12-21/h4-10,13-14,17-18,21H,3,11-12,15-16,19-20H2,1-2H3,(H,31,34)(H,32,35). The number of hydrogen-bond donors (Lipinski definition) is 2. The SMILES string of the molecule is CCc1ccc(-c2ccncc2)cc1C(=O)NCc1cccc(C(=O)NCC2CCN(C)CC2)c1. The maximum absolute atomic E-state index is 13.1. The first-order valence-electron chi connectivity index (χ1n) is 12.4. The topological polar surface area (TPSA) is 74.3 Å². The highest BCUT2D eigenvalue weighted by atomic mass is 16.2. The average molecular weight is 471 g/mol. The van der Waals surface area contributed by atoms with Crippen LogP contribution in [0.5, 0.6) is 0 Å². The molecule has 2 heterocycles. The van der Waals surface area contributed by atoms with Gasteiger partial charge in [0.2, 0.25) is 0 Å². The third kappa shape index (κ3) is 6.55. The molecule has 0 radical (unpaired) electrons. The zero-order valence-corrected chi connectivity index (χ0v) is 20.6. The molecule has 3 aromatic rings. The third-order valence-corrected chi connectivity index (χ3v) is 6.78. The molecule has 0 spiro atoms. The molecule has 182 valence electrons. The average Bonchev–Trinajstić information content (AvgIpc) is 2.91. The summed E-state index contributed by atoms with van der Waals surface area (Å²) >= 11 is 0. The molecule has 0 atom stereocenters. The van der Waals surface area contributed by atoms with Gasteiger partial charge in [-0.25, -0.2) is 0 Å². The minimum Gasteiger partial charge on any atom is -0.352 e. The van der Waals surface area contributed by atoms with Crippen molar-refractivity contribution in [2.24, 2.45) is 5.92 Å². The van der Waals surface area contributed by atoms with E-state index in [4.69, 9.17) is 0 Å². The lowest BCUT2D eigenvalue weighted by atomic mass is 9.97. The van der Waals surface area contributed by atoms with Crippen molar-refractivity contribution in [3.05, 3.63) is 89.2 Å². The van der Waals surface area contributed by atoms with Crippen molar-refractivity contribution < 1.29 is 9.59 Å². The van der Waals surface area contributed by atoms with Crippen LogP contribution < -0.4 is 10.6 Å². The number of likely N-dealkylation sites (tertiary alicyclic amines) is 1. The lowest BCUT2D eigenvalue weighted by molar-refractivity contribution is 0.0936. The van der Waals surface area contributed by atoms with Gasteiger partial charge >= 0.3 is 0 Å². The highest BCUT2D eigenvalue weighted by molar-refractivity contribution is 5.97. The number of pyridine rings is 1.